The van der Waals surface area contributed by atoms with Gasteiger partial charge in [0, 0.05) is 55.3 Å². The first-order valence-corrected chi connectivity index (χ1v) is 11.1. The highest BCUT2D eigenvalue weighted by molar-refractivity contribution is 5.97. The molecule has 2 aliphatic rings. The van der Waals surface area contributed by atoms with E-state index < -0.39 is 0 Å². The number of aromatic nitrogens is 1. The molecule has 1 saturated heterocycles. The molecule has 0 saturated carbocycles. The van der Waals surface area contributed by atoms with Gasteiger partial charge in [0.1, 0.15) is 0 Å². The summed E-state index contributed by atoms with van der Waals surface area (Å²) in [7, 11) is 0. The number of rotatable bonds is 5. The maximum Gasteiger partial charge on any atom is 0.305 e. The van der Waals surface area contributed by atoms with Gasteiger partial charge in [0.05, 0.1) is 12.1 Å². The van der Waals surface area contributed by atoms with Gasteiger partial charge in [-0.05, 0) is 30.0 Å². The fraction of sp³-hybridized carbons (Fsp3) is 0.542. The van der Waals surface area contributed by atoms with E-state index in [2.05, 4.69) is 6.07 Å². The largest absolute Gasteiger partial charge is 0.465 e. The van der Waals surface area contributed by atoms with Crippen LogP contribution >= 0.6 is 0 Å². The Hall–Kier alpha value is -2.63. The Morgan fingerprint density at radius 3 is 2.53 bits per heavy atom. The molecule has 1 fully saturated rings. The summed E-state index contributed by atoms with van der Waals surface area (Å²) < 4.78 is 7.21. The first kappa shape index (κ1) is 20.6. The molecular formula is C24H30N2O4. The van der Waals surface area contributed by atoms with Crippen molar-refractivity contribution in [2.45, 2.75) is 64.8 Å². The molecule has 4 rings (SSSR count). The second-order valence-corrected chi connectivity index (χ2v) is 8.43. The van der Waals surface area contributed by atoms with Crippen LogP contribution in [0.25, 0.3) is 10.9 Å². The Bertz CT molecular complexity index is 992. The lowest BCUT2D eigenvalue weighted by Crippen LogP contribution is -2.53. The summed E-state index contributed by atoms with van der Waals surface area (Å²) in [5.74, 6) is 0.320. The SMILES string of the molecule is CCC(=O)OC[C@@H]1CC2c3cccc4c3c(cn4C(=O)CC)C[C@H]2N(C(=O)CC)C1. The maximum absolute atomic E-state index is 12.8. The molecule has 0 spiro atoms. The summed E-state index contributed by atoms with van der Waals surface area (Å²) >= 11 is 0. The molecule has 1 aliphatic carbocycles. The molecule has 6 heteroatoms. The van der Waals surface area contributed by atoms with Crippen molar-refractivity contribution in [1.29, 1.82) is 0 Å². The zero-order valence-electron chi connectivity index (χ0n) is 18.0. The summed E-state index contributed by atoms with van der Waals surface area (Å²) in [6.45, 7) is 6.52. The molecule has 3 atom stereocenters. The van der Waals surface area contributed by atoms with Crippen LogP contribution in [-0.4, -0.2) is 46.4 Å². The van der Waals surface area contributed by atoms with Gasteiger partial charge in [0.15, 0.2) is 0 Å². The van der Waals surface area contributed by atoms with E-state index in [0.717, 1.165) is 29.3 Å². The van der Waals surface area contributed by atoms with Crippen LogP contribution < -0.4 is 0 Å². The lowest BCUT2D eigenvalue weighted by molar-refractivity contribution is -0.146. The van der Waals surface area contributed by atoms with Gasteiger partial charge in [-0.1, -0.05) is 32.9 Å². The number of carbonyl (C=O) groups excluding carboxylic acids is 3. The highest BCUT2D eigenvalue weighted by Crippen LogP contribution is 2.45. The van der Waals surface area contributed by atoms with Crippen molar-refractivity contribution in [3.8, 4) is 0 Å². The average Bonchev–Trinajstić information content (AvgIpc) is 3.15. The van der Waals surface area contributed by atoms with E-state index in [1.54, 1.807) is 11.5 Å². The molecular weight excluding hydrogens is 380 g/mol. The molecule has 1 unspecified atom stereocenters. The number of fused-ring (bicyclic) bond motifs is 2. The number of hydrogen-bond donors (Lipinski definition) is 0. The number of likely N-dealkylation sites (tertiary alicyclic amines) is 1. The fourth-order valence-corrected chi connectivity index (χ4v) is 5.20. The van der Waals surface area contributed by atoms with E-state index in [4.69, 9.17) is 4.74 Å². The Kier molecular flexibility index (Phi) is 5.67. The molecule has 1 aliphatic heterocycles. The molecule has 160 valence electrons. The van der Waals surface area contributed by atoms with Crippen molar-refractivity contribution in [3.63, 3.8) is 0 Å². The number of benzene rings is 1. The first-order valence-electron chi connectivity index (χ1n) is 11.1. The predicted octanol–water partition coefficient (Wildman–Crippen LogP) is 3.91. The fourth-order valence-electron chi connectivity index (χ4n) is 5.20. The van der Waals surface area contributed by atoms with Crippen LogP contribution in [0.1, 0.15) is 68.3 Å². The molecule has 1 aromatic carbocycles. The first-order chi connectivity index (χ1) is 14.5. The summed E-state index contributed by atoms with van der Waals surface area (Å²) in [5, 5.41) is 1.16. The van der Waals surface area contributed by atoms with Crippen LogP contribution in [0.5, 0.6) is 0 Å². The van der Waals surface area contributed by atoms with E-state index in [1.807, 2.05) is 37.1 Å². The van der Waals surface area contributed by atoms with Gasteiger partial charge in [-0.25, -0.2) is 0 Å². The Morgan fingerprint density at radius 2 is 1.83 bits per heavy atom. The quantitative estimate of drug-likeness (QED) is 0.701. The van der Waals surface area contributed by atoms with Gasteiger partial charge < -0.3 is 9.64 Å². The predicted molar refractivity (Wildman–Crippen MR) is 114 cm³/mol. The van der Waals surface area contributed by atoms with Gasteiger partial charge in [-0.2, -0.15) is 0 Å². The van der Waals surface area contributed by atoms with Crippen LogP contribution in [0.3, 0.4) is 0 Å². The molecule has 0 radical (unpaired) electrons. The van der Waals surface area contributed by atoms with Gasteiger partial charge in [0.2, 0.25) is 11.8 Å². The van der Waals surface area contributed by atoms with E-state index in [0.29, 0.717) is 32.4 Å². The van der Waals surface area contributed by atoms with Gasteiger partial charge in [0.25, 0.3) is 0 Å². The highest BCUT2D eigenvalue weighted by atomic mass is 16.5. The summed E-state index contributed by atoms with van der Waals surface area (Å²) in [5.41, 5.74) is 3.32. The van der Waals surface area contributed by atoms with E-state index >= 15 is 0 Å². The summed E-state index contributed by atoms with van der Waals surface area (Å²) in [6, 6.07) is 6.24. The van der Waals surface area contributed by atoms with Crippen molar-refractivity contribution in [2.75, 3.05) is 13.2 Å². The van der Waals surface area contributed by atoms with Crippen LogP contribution in [0.15, 0.2) is 24.4 Å². The molecule has 1 amide bonds. The van der Waals surface area contributed by atoms with Gasteiger partial charge >= 0.3 is 5.97 Å². The lowest BCUT2D eigenvalue weighted by atomic mass is 9.72. The highest BCUT2D eigenvalue weighted by Gasteiger charge is 2.43. The number of nitrogens with zero attached hydrogens (tertiary/aromatic N) is 2. The average molecular weight is 411 g/mol. The minimum Gasteiger partial charge on any atom is -0.465 e. The zero-order valence-corrected chi connectivity index (χ0v) is 18.0. The zero-order chi connectivity index (χ0) is 21.4. The topological polar surface area (TPSA) is 68.6 Å². The maximum atomic E-state index is 12.8. The van der Waals surface area contributed by atoms with Crippen molar-refractivity contribution in [2.24, 2.45) is 5.92 Å². The van der Waals surface area contributed by atoms with E-state index in [9.17, 15) is 14.4 Å². The second kappa shape index (κ2) is 8.25. The monoisotopic (exact) mass is 410 g/mol. The molecule has 6 nitrogen and oxygen atoms in total. The second-order valence-electron chi connectivity index (χ2n) is 8.43. The lowest BCUT2D eigenvalue weighted by Gasteiger charge is -2.47. The molecule has 2 heterocycles. The molecule has 0 N–H and O–H groups in total. The normalized spacial score (nSPS) is 22.6. The smallest absolute Gasteiger partial charge is 0.305 e. The number of ether oxygens (including phenoxy) is 1. The van der Waals surface area contributed by atoms with Crippen molar-refractivity contribution in [3.05, 3.63) is 35.5 Å². The molecule has 0 bridgehead atoms. The van der Waals surface area contributed by atoms with Crippen molar-refractivity contribution >= 4 is 28.7 Å². The molecule has 1 aromatic heterocycles. The minimum atomic E-state index is -0.200. The molecule has 2 aromatic rings. The molecule has 30 heavy (non-hydrogen) atoms. The van der Waals surface area contributed by atoms with Crippen molar-refractivity contribution < 1.29 is 19.1 Å². The van der Waals surface area contributed by atoms with Crippen molar-refractivity contribution in [1.82, 2.24) is 9.47 Å². The number of carbonyl (C=O) groups is 3. The van der Waals surface area contributed by atoms with Gasteiger partial charge in [-0.15, -0.1) is 0 Å². The Balaban J connectivity index is 1.74. The van der Waals surface area contributed by atoms with Crippen LogP contribution in [0, 0.1) is 5.92 Å². The third-order valence-electron chi connectivity index (χ3n) is 6.64. The minimum absolute atomic E-state index is 0.0825. The van der Waals surface area contributed by atoms with Crippen LogP contribution in [-0.2, 0) is 20.7 Å². The Morgan fingerprint density at radius 1 is 1.07 bits per heavy atom. The number of piperidine rings is 1. The number of amides is 1. The van der Waals surface area contributed by atoms with E-state index in [-0.39, 0.29) is 35.7 Å². The van der Waals surface area contributed by atoms with E-state index in [1.165, 1.54) is 5.56 Å². The third kappa shape index (κ3) is 3.42. The standard InChI is InChI=1S/C24H30N2O4/c1-4-21(27)25-12-15(14-30-23(29)6-3)10-18-17-8-7-9-19-24(17)16(11-20(18)25)13-26(19)22(28)5-2/h7-9,13,15,18,20H,4-6,10-12,14H2,1-3H3/t15-,18?,20-/m1/s1. The Labute approximate surface area is 177 Å². The van der Waals surface area contributed by atoms with Crippen LogP contribution in [0.2, 0.25) is 0 Å². The number of hydrogen-bond acceptors (Lipinski definition) is 4. The summed E-state index contributed by atoms with van der Waals surface area (Å²) in [4.78, 5) is 39.0. The third-order valence-corrected chi connectivity index (χ3v) is 6.64. The summed E-state index contributed by atoms with van der Waals surface area (Å²) in [6.07, 6.45) is 4.87. The number of esters is 1. The van der Waals surface area contributed by atoms with Gasteiger partial charge in [-0.3, -0.25) is 19.0 Å². The van der Waals surface area contributed by atoms with Crippen LogP contribution in [0.4, 0.5) is 0 Å².